The molecule has 0 aliphatic carbocycles. The fourth-order valence-corrected chi connectivity index (χ4v) is 2.65. The van der Waals surface area contributed by atoms with Gasteiger partial charge in [0.2, 0.25) is 3.79 Å². The molecule has 9 heteroatoms. The van der Waals surface area contributed by atoms with E-state index in [0.717, 1.165) is 11.3 Å². The quantitative estimate of drug-likeness (QED) is 0.361. The zero-order valence-electron chi connectivity index (χ0n) is 14.6. The highest BCUT2D eigenvalue weighted by Crippen LogP contribution is 2.29. The molecule has 0 radical (unpaired) electrons. The summed E-state index contributed by atoms with van der Waals surface area (Å²) >= 11 is 23.2. The Balaban J connectivity index is 2.04. The molecular formula is C18H18Cl3N3O2S. The van der Waals surface area contributed by atoms with Crippen molar-refractivity contribution in [3.8, 4) is 5.75 Å². The number of halogens is 3. The Bertz CT molecular complexity index is 793. The van der Waals surface area contributed by atoms with Gasteiger partial charge in [0.25, 0.3) is 5.91 Å². The Hall–Kier alpha value is -1.73. The minimum absolute atomic E-state index is 0.199. The van der Waals surface area contributed by atoms with Crippen molar-refractivity contribution >= 4 is 63.7 Å². The summed E-state index contributed by atoms with van der Waals surface area (Å²) in [6, 6.07) is 14.1. The minimum atomic E-state index is -1.83. The van der Waals surface area contributed by atoms with Crippen LogP contribution in [0.3, 0.4) is 0 Å². The Labute approximate surface area is 178 Å². The maximum Gasteiger partial charge on any atom is 0.252 e. The van der Waals surface area contributed by atoms with Crippen LogP contribution in [0.5, 0.6) is 5.75 Å². The molecule has 2 aromatic rings. The lowest BCUT2D eigenvalue weighted by Gasteiger charge is -2.27. The zero-order valence-corrected chi connectivity index (χ0v) is 17.6. The van der Waals surface area contributed by atoms with Crippen LogP contribution in [0.25, 0.3) is 0 Å². The molecule has 0 saturated carbocycles. The number of hydrogen-bond acceptors (Lipinski definition) is 3. The number of aryl methyl sites for hydroxylation is 1. The second-order valence-corrected chi connectivity index (χ2v) is 8.42. The standard InChI is InChI=1S/C18H18Cl3N3O2S/c1-11-3-7-13(8-4-11)22-17(27)24-16(18(19,20)21)23-15(25)12-5-9-14(26-2)10-6-12/h3-10,16H,1-2H3,(H,23,25)(H2,22,24,27). The maximum absolute atomic E-state index is 12.4. The van der Waals surface area contributed by atoms with Gasteiger partial charge >= 0.3 is 0 Å². The van der Waals surface area contributed by atoms with Crippen molar-refractivity contribution in [2.45, 2.75) is 16.9 Å². The van der Waals surface area contributed by atoms with E-state index in [1.807, 2.05) is 31.2 Å². The normalized spacial score (nSPS) is 12.0. The average molecular weight is 447 g/mol. The molecule has 0 aliphatic rings. The van der Waals surface area contributed by atoms with E-state index in [4.69, 9.17) is 51.8 Å². The highest BCUT2D eigenvalue weighted by molar-refractivity contribution is 7.80. The summed E-state index contributed by atoms with van der Waals surface area (Å²) < 4.78 is 3.24. The first-order chi connectivity index (χ1) is 12.7. The molecule has 0 heterocycles. The summed E-state index contributed by atoms with van der Waals surface area (Å²) in [4.78, 5) is 12.4. The largest absolute Gasteiger partial charge is 0.497 e. The summed E-state index contributed by atoms with van der Waals surface area (Å²) in [5, 5.41) is 8.61. The molecule has 5 nitrogen and oxygen atoms in total. The van der Waals surface area contributed by atoms with E-state index in [9.17, 15) is 4.79 Å². The van der Waals surface area contributed by atoms with Gasteiger partial charge in [0.1, 0.15) is 11.9 Å². The summed E-state index contributed by atoms with van der Waals surface area (Å²) in [7, 11) is 1.54. The molecule has 144 valence electrons. The van der Waals surface area contributed by atoms with E-state index in [2.05, 4.69) is 16.0 Å². The second kappa shape index (κ2) is 9.46. The van der Waals surface area contributed by atoms with Gasteiger partial charge < -0.3 is 20.7 Å². The lowest BCUT2D eigenvalue weighted by molar-refractivity contribution is 0.0934. The number of ether oxygens (including phenoxy) is 1. The van der Waals surface area contributed by atoms with Crippen molar-refractivity contribution in [1.82, 2.24) is 10.6 Å². The van der Waals surface area contributed by atoms with E-state index in [1.54, 1.807) is 31.4 Å². The van der Waals surface area contributed by atoms with Gasteiger partial charge in [-0.3, -0.25) is 4.79 Å². The molecule has 0 saturated heterocycles. The van der Waals surface area contributed by atoms with Crippen LogP contribution >= 0.6 is 47.0 Å². The second-order valence-electron chi connectivity index (χ2n) is 5.64. The van der Waals surface area contributed by atoms with Crippen LogP contribution < -0.4 is 20.7 Å². The van der Waals surface area contributed by atoms with Crippen LogP contribution in [0, 0.1) is 6.92 Å². The van der Waals surface area contributed by atoms with Crippen LogP contribution in [0.15, 0.2) is 48.5 Å². The molecule has 0 bridgehead atoms. The third-order valence-electron chi connectivity index (χ3n) is 3.54. The van der Waals surface area contributed by atoms with Crippen molar-refractivity contribution < 1.29 is 9.53 Å². The van der Waals surface area contributed by atoms with E-state index in [1.165, 1.54) is 0 Å². The predicted octanol–water partition coefficient (Wildman–Crippen LogP) is 4.42. The lowest BCUT2D eigenvalue weighted by atomic mass is 10.2. The molecule has 1 amide bonds. The highest BCUT2D eigenvalue weighted by atomic mass is 35.6. The molecule has 2 aromatic carbocycles. The number of nitrogens with one attached hydrogen (secondary N) is 3. The van der Waals surface area contributed by atoms with Gasteiger partial charge in [-0.25, -0.2) is 0 Å². The predicted molar refractivity (Wildman–Crippen MR) is 115 cm³/mol. The monoisotopic (exact) mass is 445 g/mol. The Morgan fingerprint density at radius 1 is 1.04 bits per heavy atom. The Morgan fingerprint density at radius 2 is 1.63 bits per heavy atom. The van der Waals surface area contributed by atoms with Crippen molar-refractivity contribution in [2.24, 2.45) is 0 Å². The van der Waals surface area contributed by atoms with Gasteiger partial charge in [0.05, 0.1) is 7.11 Å². The third kappa shape index (κ3) is 6.74. The molecule has 2 rings (SSSR count). The summed E-state index contributed by atoms with van der Waals surface area (Å²) in [5.74, 6) is 0.200. The van der Waals surface area contributed by atoms with Gasteiger partial charge in [-0.15, -0.1) is 0 Å². The van der Waals surface area contributed by atoms with Gasteiger partial charge in [-0.2, -0.15) is 0 Å². The van der Waals surface area contributed by atoms with E-state index in [-0.39, 0.29) is 5.11 Å². The topological polar surface area (TPSA) is 62.4 Å². The average Bonchev–Trinajstić information content (AvgIpc) is 2.62. The van der Waals surface area contributed by atoms with Gasteiger partial charge in [-0.1, -0.05) is 52.5 Å². The summed E-state index contributed by atoms with van der Waals surface area (Å²) in [5.41, 5.74) is 2.27. The van der Waals surface area contributed by atoms with Crippen molar-refractivity contribution in [3.63, 3.8) is 0 Å². The van der Waals surface area contributed by atoms with E-state index >= 15 is 0 Å². The van der Waals surface area contributed by atoms with Gasteiger partial charge in [0.15, 0.2) is 5.11 Å². The molecule has 0 aromatic heterocycles. The number of amides is 1. The lowest BCUT2D eigenvalue weighted by Crippen LogP contribution is -2.56. The highest BCUT2D eigenvalue weighted by Gasteiger charge is 2.34. The van der Waals surface area contributed by atoms with Crippen LogP contribution in [-0.4, -0.2) is 28.1 Å². The Morgan fingerprint density at radius 3 is 2.15 bits per heavy atom. The first-order valence-corrected chi connectivity index (χ1v) is 9.39. The molecule has 27 heavy (non-hydrogen) atoms. The Kier molecular flexibility index (Phi) is 7.56. The van der Waals surface area contributed by atoms with Crippen molar-refractivity contribution in [1.29, 1.82) is 0 Å². The smallest absolute Gasteiger partial charge is 0.252 e. The number of benzene rings is 2. The van der Waals surface area contributed by atoms with Crippen molar-refractivity contribution in [2.75, 3.05) is 12.4 Å². The van der Waals surface area contributed by atoms with Gasteiger partial charge in [0, 0.05) is 11.3 Å². The minimum Gasteiger partial charge on any atom is -0.497 e. The number of thiocarbonyl (C=S) groups is 1. The van der Waals surface area contributed by atoms with Crippen LogP contribution in [-0.2, 0) is 0 Å². The summed E-state index contributed by atoms with van der Waals surface area (Å²) in [6.45, 7) is 1.98. The number of rotatable bonds is 5. The van der Waals surface area contributed by atoms with Crippen molar-refractivity contribution in [3.05, 3.63) is 59.7 Å². The molecule has 1 unspecified atom stereocenters. The first kappa shape index (κ1) is 21.6. The van der Waals surface area contributed by atoms with Crippen LogP contribution in [0.1, 0.15) is 15.9 Å². The number of methoxy groups -OCH3 is 1. The van der Waals surface area contributed by atoms with E-state index < -0.39 is 15.9 Å². The third-order valence-corrected chi connectivity index (χ3v) is 4.41. The molecule has 0 fully saturated rings. The van der Waals surface area contributed by atoms with E-state index in [0.29, 0.717) is 11.3 Å². The van der Waals surface area contributed by atoms with Crippen LogP contribution in [0.2, 0.25) is 0 Å². The molecule has 0 spiro atoms. The first-order valence-electron chi connectivity index (χ1n) is 7.85. The number of carbonyl (C=O) groups is 1. The maximum atomic E-state index is 12.4. The number of carbonyl (C=O) groups excluding carboxylic acids is 1. The molecule has 1 atom stereocenters. The number of alkyl halides is 3. The molecular weight excluding hydrogens is 429 g/mol. The summed E-state index contributed by atoms with van der Waals surface area (Å²) in [6.07, 6.45) is -1.05. The SMILES string of the molecule is COc1ccc(C(=O)NC(NC(=S)Nc2ccc(C)cc2)C(Cl)(Cl)Cl)cc1. The van der Waals surface area contributed by atoms with Gasteiger partial charge in [-0.05, 0) is 55.5 Å². The fourth-order valence-electron chi connectivity index (χ4n) is 2.09. The number of hydrogen-bond donors (Lipinski definition) is 3. The fraction of sp³-hybridized carbons (Fsp3) is 0.222. The molecule has 3 N–H and O–H groups in total. The molecule has 0 aliphatic heterocycles. The van der Waals surface area contributed by atoms with Crippen LogP contribution in [0.4, 0.5) is 5.69 Å². The zero-order chi connectivity index (χ0) is 20.0. The number of anilines is 1.